The zero-order chi connectivity index (χ0) is 21.0. The Kier molecular flexibility index (Phi) is 5.87. The van der Waals surface area contributed by atoms with E-state index >= 15 is 0 Å². The Labute approximate surface area is 163 Å². The number of anilines is 1. The highest BCUT2D eigenvalue weighted by Gasteiger charge is 2.12. The van der Waals surface area contributed by atoms with E-state index in [2.05, 4.69) is 5.32 Å². The van der Waals surface area contributed by atoms with E-state index in [0.717, 1.165) is 21.3 Å². The molecule has 0 radical (unpaired) electrons. The number of hydrogen-bond donors (Lipinski definition) is 1. The van der Waals surface area contributed by atoms with Crippen LogP contribution in [0.5, 0.6) is 5.75 Å². The van der Waals surface area contributed by atoms with E-state index in [1.165, 1.54) is 12.4 Å². The first kappa shape index (κ1) is 20.0. The number of ether oxygens (including phenoxy) is 1. The monoisotopic (exact) mass is 401 g/mol. The van der Waals surface area contributed by atoms with Crippen molar-refractivity contribution in [1.29, 1.82) is 0 Å². The number of halogens is 2. The number of carbonyl (C=O) groups excluding carboxylic acids is 1. The summed E-state index contributed by atoms with van der Waals surface area (Å²) < 4.78 is 33.9. The Balaban J connectivity index is 1.79. The molecular formula is C20H17F2N3O4. The Hall–Kier alpha value is -3.75. The number of nitrogens with one attached hydrogen (secondary N) is 1. The lowest BCUT2D eigenvalue weighted by molar-refractivity contribution is -0.116. The number of amides is 1. The quantitative estimate of drug-likeness (QED) is 0.643. The second kappa shape index (κ2) is 8.51. The summed E-state index contributed by atoms with van der Waals surface area (Å²) in [6.45, 7) is 1.84. The Morgan fingerprint density at radius 2 is 1.76 bits per heavy atom. The first-order chi connectivity index (χ1) is 13.9. The second-order valence-corrected chi connectivity index (χ2v) is 6.01. The van der Waals surface area contributed by atoms with E-state index in [0.29, 0.717) is 24.1 Å². The fourth-order valence-corrected chi connectivity index (χ4v) is 2.64. The maximum Gasteiger partial charge on any atom is 0.320 e. The number of carbonyl (C=O) groups is 1. The van der Waals surface area contributed by atoms with E-state index in [1.807, 2.05) is 6.92 Å². The molecule has 0 aliphatic rings. The van der Waals surface area contributed by atoms with Crippen LogP contribution in [0.4, 0.5) is 14.5 Å². The molecule has 0 aliphatic carbocycles. The van der Waals surface area contributed by atoms with Gasteiger partial charge in [-0.1, -0.05) is 0 Å². The van der Waals surface area contributed by atoms with E-state index in [9.17, 15) is 23.2 Å². The number of nitrogens with zero attached hydrogens (tertiary/aromatic N) is 2. The predicted octanol–water partition coefficient (Wildman–Crippen LogP) is 2.31. The van der Waals surface area contributed by atoms with Gasteiger partial charge in [-0.15, -0.1) is 0 Å². The molecule has 0 atom stereocenters. The highest BCUT2D eigenvalue weighted by molar-refractivity contribution is 5.90. The highest BCUT2D eigenvalue weighted by Crippen LogP contribution is 2.15. The molecular weight excluding hydrogens is 384 g/mol. The van der Waals surface area contributed by atoms with Gasteiger partial charge in [0.25, 0.3) is 0 Å². The summed E-state index contributed by atoms with van der Waals surface area (Å²) in [5.41, 5.74) is -1.54. The minimum atomic E-state index is -0.948. The lowest BCUT2D eigenvalue weighted by Crippen LogP contribution is -2.41. The van der Waals surface area contributed by atoms with Crippen molar-refractivity contribution in [2.45, 2.75) is 13.5 Å². The molecule has 0 bridgehead atoms. The summed E-state index contributed by atoms with van der Waals surface area (Å²) in [6, 6.07) is 9.27. The predicted molar refractivity (Wildman–Crippen MR) is 102 cm³/mol. The first-order valence-electron chi connectivity index (χ1n) is 8.69. The minimum Gasteiger partial charge on any atom is -0.494 e. The van der Waals surface area contributed by atoms with Crippen molar-refractivity contribution in [3.05, 3.63) is 87.2 Å². The smallest absolute Gasteiger partial charge is 0.320 e. The Morgan fingerprint density at radius 1 is 1.03 bits per heavy atom. The van der Waals surface area contributed by atoms with Crippen LogP contribution >= 0.6 is 0 Å². The third-order valence-corrected chi connectivity index (χ3v) is 4.00. The fourth-order valence-electron chi connectivity index (χ4n) is 2.64. The minimum absolute atomic E-state index is 0.229. The van der Waals surface area contributed by atoms with E-state index < -0.39 is 35.2 Å². The van der Waals surface area contributed by atoms with Gasteiger partial charge >= 0.3 is 11.1 Å². The van der Waals surface area contributed by atoms with Gasteiger partial charge in [0, 0.05) is 24.1 Å². The number of aromatic nitrogens is 2. The molecule has 3 rings (SSSR count). The van der Waals surface area contributed by atoms with Gasteiger partial charge in [0.05, 0.1) is 12.3 Å². The van der Waals surface area contributed by atoms with Crippen LogP contribution in [-0.2, 0) is 11.3 Å². The van der Waals surface area contributed by atoms with Crippen LogP contribution in [0.25, 0.3) is 5.69 Å². The van der Waals surface area contributed by atoms with Crippen molar-refractivity contribution in [3.63, 3.8) is 0 Å². The van der Waals surface area contributed by atoms with Gasteiger partial charge in [0.2, 0.25) is 5.91 Å². The highest BCUT2D eigenvalue weighted by atomic mass is 19.1. The molecule has 0 unspecified atom stereocenters. The average molecular weight is 401 g/mol. The van der Waals surface area contributed by atoms with Crippen LogP contribution in [0.1, 0.15) is 6.92 Å². The molecule has 1 heterocycles. The van der Waals surface area contributed by atoms with Gasteiger partial charge in [-0.3, -0.25) is 23.5 Å². The van der Waals surface area contributed by atoms with Crippen LogP contribution < -0.4 is 21.2 Å². The molecule has 150 valence electrons. The largest absolute Gasteiger partial charge is 0.494 e. The van der Waals surface area contributed by atoms with Crippen molar-refractivity contribution >= 4 is 11.6 Å². The first-order valence-corrected chi connectivity index (χ1v) is 8.69. The van der Waals surface area contributed by atoms with Crippen LogP contribution in [0.3, 0.4) is 0 Å². The lowest BCUT2D eigenvalue weighted by Gasteiger charge is -2.10. The van der Waals surface area contributed by atoms with Gasteiger partial charge < -0.3 is 10.1 Å². The lowest BCUT2D eigenvalue weighted by atomic mass is 10.3. The van der Waals surface area contributed by atoms with Gasteiger partial charge in [0.1, 0.15) is 23.9 Å². The number of hydrogen-bond acceptors (Lipinski definition) is 4. The summed E-state index contributed by atoms with van der Waals surface area (Å²) in [7, 11) is 0. The maximum atomic E-state index is 13.6. The molecule has 2 aromatic carbocycles. The van der Waals surface area contributed by atoms with E-state index in [4.69, 9.17) is 4.74 Å². The molecule has 0 aliphatic heterocycles. The number of rotatable bonds is 6. The maximum absolute atomic E-state index is 13.6. The summed E-state index contributed by atoms with van der Waals surface area (Å²) >= 11 is 0. The van der Waals surface area contributed by atoms with Crippen molar-refractivity contribution in [1.82, 2.24) is 9.13 Å². The fraction of sp³-hybridized carbons (Fsp3) is 0.150. The molecule has 1 N–H and O–H groups in total. The second-order valence-electron chi connectivity index (χ2n) is 6.01. The summed E-state index contributed by atoms with van der Waals surface area (Å²) in [5, 5.41) is 2.23. The normalized spacial score (nSPS) is 10.6. The van der Waals surface area contributed by atoms with Crippen LogP contribution in [0.15, 0.2) is 64.4 Å². The van der Waals surface area contributed by atoms with Gasteiger partial charge in [-0.2, -0.15) is 0 Å². The van der Waals surface area contributed by atoms with E-state index in [-0.39, 0.29) is 5.69 Å². The third-order valence-electron chi connectivity index (χ3n) is 4.00. The molecule has 0 fully saturated rings. The van der Waals surface area contributed by atoms with Gasteiger partial charge in [-0.05, 0) is 43.3 Å². The van der Waals surface area contributed by atoms with Crippen molar-refractivity contribution in [2.75, 3.05) is 11.9 Å². The summed E-state index contributed by atoms with van der Waals surface area (Å²) in [6.07, 6.45) is 2.63. The zero-order valence-electron chi connectivity index (χ0n) is 15.4. The molecule has 0 saturated carbocycles. The average Bonchev–Trinajstić information content (AvgIpc) is 2.69. The van der Waals surface area contributed by atoms with Crippen LogP contribution in [0, 0.1) is 11.6 Å². The molecule has 1 amide bonds. The van der Waals surface area contributed by atoms with Gasteiger partial charge in [0.15, 0.2) is 0 Å². The summed E-state index contributed by atoms with van der Waals surface area (Å²) in [4.78, 5) is 36.8. The molecule has 0 saturated heterocycles. The van der Waals surface area contributed by atoms with Crippen molar-refractivity contribution in [2.24, 2.45) is 0 Å². The van der Waals surface area contributed by atoms with E-state index in [1.54, 1.807) is 24.3 Å². The van der Waals surface area contributed by atoms with Crippen LogP contribution in [0.2, 0.25) is 0 Å². The third kappa shape index (κ3) is 4.57. The van der Waals surface area contributed by atoms with Crippen molar-refractivity contribution < 1.29 is 18.3 Å². The molecule has 0 spiro atoms. The Morgan fingerprint density at radius 3 is 2.41 bits per heavy atom. The zero-order valence-corrected chi connectivity index (χ0v) is 15.4. The van der Waals surface area contributed by atoms with Crippen molar-refractivity contribution in [3.8, 4) is 11.4 Å². The van der Waals surface area contributed by atoms with Gasteiger partial charge in [-0.25, -0.2) is 8.78 Å². The molecule has 29 heavy (non-hydrogen) atoms. The molecule has 7 nitrogen and oxygen atoms in total. The Bertz CT molecular complexity index is 1150. The summed E-state index contributed by atoms with van der Waals surface area (Å²) in [5.74, 6) is -1.84. The topological polar surface area (TPSA) is 82.3 Å². The number of benzene rings is 2. The molecule has 1 aromatic heterocycles. The molecule has 9 heteroatoms. The molecule has 3 aromatic rings. The standard InChI is InChI=1S/C20H17F2N3O4/c1-2-29-15-6-4-14(5-7-15)25-10-9-24(19(27)20(25)28)12-18(26)23-17-8-3-13(21)11-16(17)22/h3-11H,2,12H2,1H3,(H,23,26). The van der Waals surface area contributed by atoms with Crippen LogP contribution in [-0.4, -0.2) is 21.6 Å². The SMILES string of the molecule is CCOc1ccc(-n2ccn(CC(=O)Nc3ccc(F)cc3F)c(=O)c2=O)cc1.